The highest BCUT2D eigenvalue weighted by atomic mass is 35.6. The summed E-state index contributed by atoms with van der Waals surface area (Å²) in [6, 6.07) is 0. The van der Waals surface area contributed by atoms with E-state index in [1.165, 1.54) is 0 Å². The second kappa shape index (κ2) is 4.94. The largest absolute Gasteiger partial charge is 0.365 e. The van der Waals surface area contributed by atoms with Crippen LogP contribution in [0.3, 0.4) is 0 Å². The van der Waals surface area contributed by atoms with Crippen LogP contribution in [0.4, 0.5) is 0 Å². The van der Waals surface area contributed by atoms with Gasteiger partial charge in [0.05, 0.1) is 6.61 Å². The first-order chi connectivity index (χ1) is 5.13. The van der Waals surface area contributed by atoms with Gasteiger partial charge >= 0.3 is 0 Å². The molecule has 0 rings (SSSR count). The number of halogens is 6. The fourth-order valence-electron chi connectivity index (χ4n) is 0.268. The number of hydrogen-bond donors (Lipinski definition) is 1. The molecule has 0 saturated carbocycles. The maximum atomic E-state index is 8.96. The first kappa shape index (κ1) is 13.7. The van der Waals surface area contributed by atoms with Crippen molar-refractivity contribution in [2.45, 2.75) is 13.9 Å². The van der Waals surface area contributed by atoms with Crippen molar-refractivity contribution < 1.29 is 9.84 Å². The number of aliphatic hydroxyl groups excluding tert-OH is 1. The van der Waals surface area contributed by atoms with E-state index in [2.05, 4.69) is 4.74 Å². The summed E-state index contributed by atoms with van der Waals surface area (Å²) in [5, 5.41) is 8.96. The van der Waals surface area contributed by atoms with Crippen LogP contribution in [0, 0.1) is 0 Å². The van der Waals surface area contributed by atoms with Crippen molar-refractivity contribution in [1.29, 1.82) is 0 Å². The second-order valence-electron chi connectivity index (χ2n) is 1.82. The lowest BCUT2D eigenvalue weighted by Crippen LogP contribution is -2.31. The van der Waals surface area contributed by atoms with Gasteiger partial charge in [0.2, 0.25) is 13.9 Å². The lowest BCUT2D eigenvalue weighted by atomic mass is 10.7. The van der Waals surface area contributed by atoms with Crippen molar-refractivity contribution in [3.05, 3.63) is 0 Å². The molecule has 1 unspecified atom stereocenters. The highest BCUT2D eigenvalue weighted by Gasteiger charge is 2.34. The summed E-state index contributed by atoms with van der Waals surface area (Å²) in [7, 11) is 0. The van der Waals surface area contributed by atoms with E-state index >= 15 is 0 Å². The number of alkyl halides is 6. The summed E-state index contributed by atoms with van der Waals surface area (Å²) in [4.78, 5) is 0. The maximum absolute atomic E-state index is 8.96. The van der Waals surface area contributed by atoms with Gasteiger partial charge in [-0.2, -0.15) is 0 Å². The van der Waals surface area contributed by atoms with E-state index in [4.69, 9.17) is 74.7 Å². The highest BCUT2D eigenvalue weighted by Crippen LogP contribution is 2.33. The third-order valence-corrected chi connectivity index (χ3v) is 1.57. The number of hydrogen-bond acceptors (Lipinski definition) is 2. The SMILES string of the molecule is OC(OCC(Cl)(Cl)Cl)C(Cl)(Cl)Cl. The van der Waals surface area contributed by atoms with Crippen LogP contribution < -0.4 is 0 Å². The molecule has 0 spiro atoms. The molecule has 0 aromatic rings. The topological polar surface area (TPSA) is 29.5 Å². The van der Waals surface area contributed by atoms with Crippen molar-refractivity contribution in [3.8, 4) is 0 Å². The molecule has 0 aliphatic rings. The molecule has 0 saturated heterocycles. The highest BCUT2D eigenvalue weighted by molar-refractivity contribution is 6.68. The van der Waals surface area contributed by atoms with E-state index in [1.807, 2.05) is 0 Å². The van der Waals surface area contributed by atoms with Crippen molar-refractivity contribution in [1.82, 2.24) is 0 Å². The van der Waals surface area contributed by atoms with E-state index in [0.717, 1.165) is 0 Å². The predicted molar refractivity (Wildman–Crippen MR) is 52.5 cm³/mol. The molecular formula is C4H4Cl6O2. The molecule has 0 aromatic heterocycles. The molecule has 0 bridgehead atoms. The molecule has 0 aliphatic carbocycles. The molecule has 0 aromatic carbocycles. The summed E-state index contributed by atoms with van der Waals surface area (Å²) in [5.41, 5.74) is 0. The Bertz CT molecular complexity index is 137. The zero-order chi connectivity index (χ0) is 9.99. The van der Waals surface area contributed by atoms with Gasteiger partial charge in [-0.25, -0.2) is 0 Å². The number of ether oxygens (including phenoxy) is 1. The van der Waals surface area contributed by atoms with Gasteiger partial charge in [-0.3, -0.25) is 0 Å². The average molecular weight is 297 g/mol. The van der Waals surface area contributed by atoms with Crippen molar-refractivity contribution in [2.75, 3.05) is 6.61 Å². The van der Waals surface area contributed by atoms with Gasteiger partial charge in [-0.15, -0.1) is 0 Å². The van der Waals surface area contributed by atoms with Gasteiger partial charge in [0.15, 0.2) is 0 Å². The Hall–Kier alpha value is 1.66. The van der Waals surface area contributed by atoms with Crippen LogP contribution >= 0.6 is 69.6 Å². The minimum absolute atomic E-state index is 0.368. The summed E-state index contributed by atoms with van der Waals surface area (Å²) in [5.74, 6) is 0. The van der Waals surface area contributed by atoms with E-state index in [-0.39, 0.29) is 6.61 Å². The van der Waals surface area contributed by atoms with Gasteiger partial charge in [0.25, 0.3) is 0 Å². The van der Waals surface area contributed by atoms with Gasteiger partial charge in [0, 0.05) is 0 Å². The zero-order valence-electron chi connectivity index (χ0n) is 5.41. The summed E-state index contributed by atoms with van der Waals surface area (Å²) >= 11 is 31.6. The number of rotatable bonds is 2. The minimum atomic E-state index is -1.95. The van der Waals surface area contributed by atoms with Crippen molar-refractivity contribution in [2.24, 2.45) is 0 Å². The molecule has 0 fully saturated rings. The molecule has 1 atom stereocenters. The Balaban J connectivity index is 3.80. The van der Waals surface area contributed by atoms with E-state index < -0.39 is 13.9 Å². The van der Waals surface area contributed by atoms with Crippen LogP contribution in [0.2, 0.25) is 0 Å². The molecule has 0 aliphatic heterocycles. The van der Waals surface area contributed by atoms with Crippen LogP contribution in [-0.2, 0) is 4.74 Å². The summed E-state index contributed by atoms with van der Waals surface area (Å²) in [6.45, 7) is -0.368. The minimum Gasteiger partial charge on any atom is -0.365 e. The van der Waals surface area contributed by atoms with E-state index in [1.54, 1.807) is 0 Å². The van der Waals surface area contributed by atoms with Crippen LogP contribution in [0.25, 0.3) is 0 Å². The van der Waals surface area contributed by atoms with E-state index in [0.29, 0.717) is 0 Å². The molecule has 8 heteroatoms. The Morgan fingerprint density at radius 2 is 1.50 bits per heavy atom. The molecule has 12 heavy (non-hydrogen) atoms. The Morgan fingerprint density at radius 1 is 1.08 bits per heavy atom. The van der Waals surface area contributed by atoms with Gasteiger partial charge in [0.1, 0.15) is 0 Å². The fraction of sp³-hybridized carbons (Fsp3) is 1.00. The first-order valence-corrected chi connectivity index (χ1v) is 4.83. The monoisotopic (exact) mass is 294 g/mol. The Labute approximate surface area is 99.6 Å². The van der Waals surface area contributed by atoms with Crippen molar-refractivity contribution >= 4 is 69.6 Å². The zero-order valence-corrected chi connectivity index (χ0v) is 9.94. The first-order valence-electron chi connectivity index (χ1n) is 2.56. The molecule has 74 valence electrons. The van der Waals surface area contributed by atoms with Crippen LogP contribution in [0.1, 0.15) is 0 Å². The quantitative estimate of drug-likeness (QED) is 0.627. The van der Waals surface area contributed by atoms with Crippen LogP contribution in [0.5, 0.6) is 0 Å². The van der Waals surface area contributed by atoms with Gasteiger partial charge in [-0.05, 0) is 0 Å². The molecule has 0 heterocycles. The average Bonchev–Trinajstić information content (AvgIpc) is 1.78. The third kappa shape index (κ3) is 7.10. The summed E-state index contributed by atoms with van der Waals surface area (Å²) < 4.78 is 0.944. The molecule has 0 amide bonds. The van der Waals surface area contributed by atoms with E-state index in [9.17, 15) is 0 Å². The van der Waals surface area contributed by atoms with Crippen molar-refractivity contribution in [3.63, 3.8) is 0 Å². The summed E-state index contributed by atoms with van der Waals surface area (Å²) in [6.07, 6.45) is -1.63. The second-order valence-corrected chi connectivity index (χ2v) is 6.71. The van der Waals surface area contributed by atoms with Gasteiger partial charge < -0.3 is 9.84 Å². The molecule has 1 N–H and O–H groups in total. The third-order valence-electron chi connectivity index (χ3n) is 0.685. The fourth-order valence-corrected chi connectivity index (χ4v) is 0.646. The molecule has 0 radical (unpaired) electrons. The predicted octanol–water partition coefficient (Wildman–Crippen LogP) is 3.06. The molecule has 2 nitrogen and oxygen atoms in total. The normalized spacial score (nSPS) is 16.2. The smallest absolute Gasteiger partial charge is 0.240 e. The Kier molecular flexibility index (Phi) is 5.63. The number of aliphatic hydroxyl groups is 1. The lowest BCUT2D eigenvalue weighted by Gasteiger charge is -2.21. The standard InChI is InChI=1S/C4H4Cl6O2/c5-3(6,7)1-12-2(11)4(8,9)10/h2,11H,1H2. The van der Waals surface area contributed by atoms with Crippen LogP contribution in [0.15, 0.2) is 0 Å². The van der Waals surface area contributed by atoms with Crippen LogP contribution in [-0.4, -0.2) is 25.6 Å². The Morgan fingerprint density at radius 3 is 1.75 bits per heavy atom. The maximum Gasteiger partial charge on any atom is 0.240 e. The lowest BCUT2D eigenvalue weighted by molar-refractivity contribution is -0.0935. The molecular weight excluding hydrogens is 293 g/mol. The van der Waals surface area contributed by atoms with Gasteiger partial charge in [-0.1, -0.05) is 69.6 Å².